The fourth-order valence-corrected chi connectivity index (χ4v) is 2.21. The summed E-state index contributed by atoms with van der Waals surface area (Å²) in [5.74, 6) is -0.342. The van der Waals surface area contributed by atoms with Crippen molar-refractivity contribution >= 4 is 9.84 Å². The zero-order valence-corrected chi connectivity index (χ0v) is 11.1. The van der Waals surface area contributed by atoms with Gasteiger partial charge in [0.15, 0.2) is 9.84 Å². The Kier molecular flexibility index (Phi) is 5.71. The smallest absolute Gasteiger partial charge is 0.151 e. The molecule has 0 radical (unpaired) electrons. The van der Waals surface area contributed by atoms with E-state index in [1.165, 1.54) is 12.1 Å². The third-order valence-electron chi connectivity index (χ3n) is 2.63. The number of hydrogen-bond donors (Lipinski definition) is 2. The summed E-state index contributed by atoms with van der Waals surface area (Å²) in [6, 6.07) is 5.97. The van der Waals surface area contributed by atoms with Crippen molar-refractivity contribution in [3.63, 3.8) is 0 Å². The molecular formula is C12H18FNO3S. The molecule has 0 fully saturated rings. The van der Waals surface area contributed by atoms with E-state index in [-0.39, 0.29) is 30.2 Å². The number of halogens is 1. The highest BCUT2D eigenvalue weighted by Gasteiger charge is 2.12. The average Bonchev–Trinajstić information content (AvgIpc) is 2.35. The molecule has 0 heterocycles. The van der Waals surface area contributed by atoms with Gasteiger partial charge in [-0.15, -0.1) is 0 Å². The normalized spacial score (nSPS) is 13.5. The lowest BCUT2D eigenvalue weighted by Gasteiger charge is -2.12. The van der Waals surface area contributed by atoms with Crippen LogP contribution in [0.5, 0.6) is 0 Å². The van der Waals surface area contributed by atoms with E-state index in [9.17, 15) is 17.9 Å². The first kappa shape index (κ1) is 15.1. The summed E-state index contributed by atoms with van der Waals surface area (Å²) in [6.45, 7) is 1.96. The van der Waals surface area contributed by atoms with Gasteiger partial charge in [-0.3, -0.25) is 0 Å². The molecule has 1 aromatic rings. The van der Waals surface area contributed by atoms with E-state index in [0.29, 0.717) is 0 Å². The van der Waals surface area contributed by atoms with Gasteiger partial charge >= 0.3 is 0 Å². The van der Waals surface area contributed by atoms with E-state index in [0.717, 1.165) is 0 Å². The summed E-state index contributed by atoms with van der Waals surface area (Å²) in [7, 11) is -3.01. The van der Waals surface area contributed by atoms with Crippen molar-refractivity contribution in [2.45, 2.75) is 13.0 Å². The second-order valence-corrected chi connectivity index (χ2v) is 6.45. The van der Waals surface area contributed by atoms with Gasteiger partial charge in [0.1, 0.15) is 5.82 Å². The summed E-state index contributed by atoms with van der Waals surface area (Å²) in [4.78, 5) is 0. The highest BCUT2D eigenvalue weighted by molar-refractivity contribution is 7.91. The van der Waals surface area contributed by atoms with Crippen LogP contribution in [0.2, 0.25) is 0 Å². The largest absolute Gasteiger partial charge is 0.387 e. The molecule has 6 heteroatoms. The predicted octanol–water partition coefficient (Wildman–Crippen LogP) is 0.883. The second-order valence-electron chi connectivity index (χ2n) is 3.98. The van der Waals surface area contributed by atoms with E-state index >= 15 is 0 Å². The molecule has 1 rings (SSSR count). The second kappa shape index (κ2) is 6.82. The molecule has 0 bridgehead atoms. The maximum absolute atomic E-state index is 13.3. The van der Waals surface area contributed by atoms with Crippen LogP contribution in [-0.4, -0.2) is 38.1 Å². The maximum atomic E-state index is 13.3. The van der Waals surface area contributed by atoms with Crippen molar-refractivity contribution in [2.24, 2.45) is 0 Å². The summed E-state index contributed by atoms with van der Waals surface area (Å²) >= 11 is 0. The predicted molar refractivity (Wildman–Crippen MR) is 68.6 cm³/mol. The number of benzene rings is 1. The number of nitrogens with one attached hydrogen (secondary N) is 1. The Balaban J connectivity index is 2.39. The van der Waals surface area contributed by atoms with E-state index in [4.69, 9.17) is 0 Å². The van der Waals surface area contributed by atoms with Gasteiger partial charge in [0, 0.05) is 24.4 Å². The number of hydrogen-bond acceptors (Lipinski definition) is 4. The van der Waals surface area contributed by atoms with Crippen molar-refractivity contribution in [1.82, 2.24) is 5.32 Å². The van der Waals surface area contributed by atoms with Gasteiger partial charge in [-0.05, 0) is 6.07 Å². The molecule has 0 aliphatic heterocycles. The van der Waals surface area contributed by atoms with Crippen molar-refractivity contribution in [3.05, 3.63) is 35.6 Å². The molecular weight excluding hydrogens is 257 g/mol. The van der Waals surface area contributed by atoms with Crippen LogP contribution in [-0.2, 0) is 9.84 Å². The molecule has 0 amide bonds. The van der Waals surface area contributed by atoms with Crippen molar-refractivity contribution in [3.8, 4) is 0 Å². The van der Waals surface area contributed by atoms with Crippen LogP contribution in [0.25, 0.3) is 0 Å². The summed E-state index contributed by atoms with van der Waals surface area (Å²) in [5, 5.41) is 12.5. The number of rotatable bonds is 7. The molecule has 0 aliphatic carbocycles. The summed E-state index contributed by atoms with van der Waals surface area (Å²) < 4.78 is 35.7. The Morgan fingerprint density at radius 2 is 2.06 bits per heavy atom. The van der Waals surface area contributed by atoms with Crippen LogP contribution in [0.1, 0.15) is 18.6 Å². The van der Waals surface area contributed by atoms with Crippen LogP contribution in [0.15, 0.2) is 24.3 Å². The maximum Gasteiger partial charge on any atom is 0.151 e. The molecule has 0 aliphatic rings. The van der Waals surface area contributed by atoms with Gasteiger partial charge < -0.3 is 10.4 Å². The minimum Gasteiger partial charge on any atom is -0.387 e. The van der Waals surface area contributed by atoms with Gasteiger partial charge in [0.05, 0.1) is 11.9 Å². The highest BCUT2D eigenvalue weighted by Crippen LogP contribution is 2.15. The lowest BCUT2D eigenvalue weighted by Crippen LogP contribution is -2.28. The zero-order valence-electron chi connectivity index (χ0n) is 10.3. The molecule has 102 valence electrons. The molecule has 0 aromatic heterocycles. The molecule has 1 atom stereocenters. The lowest BCUT2D eigenvalue weighted by molar-refractivity contribution is 0.171. The number of aliphatic hydroxyl groups is 1. The fourth-order valence-electron chi connectivity index (χ4n) is 1.47. The lowest BCUT2D eigenvalue weighted by atomic mass is 10.1. The van der Waals surface area contributed by atoms with Crippen LogP contribution >= 0.6 is 0 Å². The molecule has 1 unspecified atom stereocenters. The number of aliphatic hydroxyl groups excluding tert-OH is 1. The van der Waals surface area contributed by atoms with Gasteiger partial charge in [0.2, 0.25) is 0 Å². The first-order valence-corrected chi connectivity index (χ1v) is 7.62. The van der Waals surface area contributed by atoms with Crippen molar-refractivity contribution < 1.29 is 17.9 Å². The Bertz CT molecular complexity index is 476. The first-order chi connectivity index (χ1) is 8.46. The van der Waals surface area contributed by atoms with E-state index in [2.05, 4.69) is 5.32 Å². The van der Waals surface area contributed by atoms with Crippen molar-refractivity contribution in [2.75, 3.05) is 24.6 Å². The van der Waals surface area contributed by atoms with Gasteiger partial charge in [-0.25, -0.2) is 12.8 Å². The molecule has 4 nitrogen and oxygen atoms in total. The fraction of sp³-hybridized carbons (Fsp3) is 0.500. The summed E-state index contributed by atoms with van der Waals surface area (Å²) in [5.41, 5.74) is 0.211. The van der Waals surface area contributed by atoms with Crippen LogP contribution in [0, 0.1) is 5.82 Å². The Labute approximate surface area is 107 Å². The molecule has 2 N–H and O–H groups in total. The Hall–Kier alpha value is -0.980. The quantitative estimate of drug-likeness (QED) is 0.725. The van der Waals surface area contributed by atoms with E-state index < -0.39 is 21.8 Å². The molecule has 0 spiro atoms. The first-order valence-electron chi connectivity index (χ1n) is 5.80. The molecule has 1 aromatic carbocycles. The van der Waals surface area contributed by atoms with E-state index in [1.54, 1.807) is 19.1 Å². The van der Waals surface area contributed by atoms with Gasteiger partial charge in [-0.2, -0.15) is 0 Å². The van der Waals surface area contributed by atoms with Crippen molar-refractivity contribution in [1.29, 1.82) is 0 Å². The third-order valence-corrected chi connectivity index (χ3v) is 4.34. The Morgan fingerprint density at radius 3 is 2.67 bits per heavy atom. The Morgan fingerprint density at radius 1 is 1.39 bits per heavy atom. The average molecular weight is 275 g/mol. The summed E-state index contributed by atoms with van der Waals surface area (Å²) in [6.07, 6.45) is -0.976. The molecule has 18 heavy (non-hydrogen) atoms. The number of sulfone groups is 1. The molecule has 0 saturated carbocycles. The van der Waals surface area contributed by atoms with Gasteiger partial charge in [0.25, 0.3) is 0 Å². The topological polar surface area (TPSA) is 66.4 Å². The van der Waals surface area contributed by atoms with Gasteiger partial charge in [-0.1, -0.05) is 25.1 Å². The van der Waals surface area contributed by atoms with Crippen LogP contribution < -0.4 is 5.32 Å². The highest BCUT2D eigenvalue weighted by atomic mass is 32.2. The minimum absolute atomic E-state index is 0.0213. The monoisotopic (exact) mass is 275 g/mol. The third kappa shape index (κ3) is 4.72. The van der Waals surface area contributed by atoms with Crippen LogP contribution in [0.3, 0.4) is 0 Å². The van der Waals surface area contributed by atoms with Crippen LogP contribution in [0.4, 0.5) is 4.39 Å². The standard InChI is InChI=1S/C12H18FNO3S/c1-2-18(16,17)8-7-14-9-12(15)10-5-3-4-6-11(10)13/h3-6,12,14-15H,2,7-9H2,1H3. The SMILES string of the molecule is CCS(=O)(=O)CCNCC(O)c1ccccc1F. The van der Waals surface area contributed by atoms with E-state index in [1.807, 2.05) is 0 Å². The molecule has 0 saturated heterocycles. The zero-order chi connectivity index (χ0) is 13.6. The minimum atomic E-state index is -3.01.